The zero-order valence-electron chi connectivity index (χ0n) is 74.8. The van der Waals surface area contributed by atoms with Crippen LogP contribution in [-0.4, -0.2) is 4.70 Å². The normalized spacial score (nSPS) is 12.3. The molecule has 0 spiro atoms. The Morgan fingerprint density at radius 3 is 0.725 bits per heavy atom. The van der Waals surface area contributed by atoms with E-state index in [1.165, 1.54) is 501 Å². The molecule has 1 heterocycles. The minimum absolute atomic E-state index is 0.866. The quantitative estimate of drug-likeness (QED) is 0.0273. The Kier molecular flexibility index (Phi) is 78.7. The van der Waals surface area contributed by atoms with E-state index in [-0.39, 0.29) is 0 Å². The molecule has 0 aromatic heterocycles. The molecule has 2 nitrogen and oxygen atoms in total. The molecular formula is C106H190N2Ni. The minimum atomic E-state index is 0.866. The number of hydrogen-bond acceptors (Lipinski definition) is 0. The summed E-state index contributed by atoms with van der Waals surface area (Å²) in [6.45, 7) is 13.7. The number of nitrogens with zero attached hydrogens (tertiary/aromatic N) is 2. The third kappa shape index (κ3) is 63.5. The third-order valence-corrected chi connectivity index (χ3v) is 25.5. The molecule has 0 radical (unpaired) electrons. The summed E-state index contributed by atoms with van der Waals surface area (Å²) in [7, 11) is 0. The second-order valence-electron chi connectivity index (χ2n) is 34.8. The summed E-state index contributed by atoms with van der Waals surface area (Å²) in [6.07, 6.45) is 113. The summed E-state index contributed by atoms with van der Waals surface area (Å²) in [5.74, 6) is 7.27. The van der Waals surface area contributed by atoms with Crippen LogP contribution in [0.1, 0.15) is 565 Å². The molecule has 0 saturated heterocycles. The Morgan fingerprint density at radius 1 is 0.248 bits per heavy atom. The number of benzene rings is 2. The standard InChI is InChI=1S/C56H88N2.2C25H51.Ni/c1-5-9-13-14-15-16-17-18-19-20-21-22-23-24-25-26-27-28-29-30-31-32-33-34-35-36-46-54-53(45-12-8-4)55(51-43-37-41-49(47-51)39-10-6-2)58(57)56(54)52-44-38-42-50(48-52)40-11-7-3;2*1-3-5-7-9-11-13-15-17-19-21-23-25-24-22-20-18-16-14-12-10-8-6-4-2;/h37-38,41-44,47-48H,5-35,39-40,45H2,1-4H3;2*1,3-25H2,2H3;. The van der Waals surface area contributed by atoms with Gasteiger partial charge < -0.3 is 5.53 Å². The van der Waals surface area contributed by atoms with Crippen molar-refractivity contribution in [2.45, 2.75) is 566 Å². The van der Waals surface area contributed by atoms with Crippen LogP contribution in [0.3, 0.4) is 0 Å². The molecule has 109 heavy (non-hydrogen) atoms. The van der Waals surface area contributed by atoms with Crippen LogP contribution in [0.15, 0.2) is 59.7 Å². The van der Waals surface area contributed by atoms with Gasteiger partial charge in [0.1, 0.15) is 5.57 Å². The van der Waals surface area contributed by atoms with Gasteiger partial charge in [-0.15, -0.1) is 0 Å². The average molecular weight is 1550 g/mol. The summed E-state index contributed by atoms with van der Waals surface area (Å²) in [6, 6.07) is 17.7. The molecule has 0 aliphatic carbocycles. The van der Waals surface area contributed by atoms with Gasteiger partial charge in [0, 0.05) is 23.1 Å². The molecular weight excluding hydrogens is 1360 g/mol. The maximum atomic E-state index is 12.1. The molecule has 0 amide bonds. The van der Waals surface area contributed by atoms with Crippen LogP contribution >= 0.6 is 0 Å². The average Bonchev–Trinajstić information content (AvgIpc) is 1.61. The van der Waals surface area contributed by atoms with Crippen molar-refractivity contribution in [3.05, 3.63) is 87.5 Å². The minimum Gasteiger partial charge on any atom is -0.0654 e. The molecule has 0 saturated carbocycles. The Bertz CT molecular complexity index is 2310. The van der Waals surface area contributed by atoms with Crippen molar-refractivity contribution in [2.75, 3.05) is 0 Å². The first-order valence-electron chi connectivity index (χ1n) is 50.1. The second-order valence-corrected chi connectivity index (χ2v) is 36.3. The molecule has 634 valence electrons. The first-order valence-corrected chi connectivity index (χ1v) is 51.5. The molecule has 0 atom stereocenters. The van der Waals surface area contributed by atoms with Crippen LogP contribution in [0.5, 0.6) is 0 Å². The molecule has 2 aromatic carbocycles. The van der Waals surface area contributed by atoms with Crippen LogP contribution in [0, 0.1) is 11.8 Å². The van der Waals surface area contributed by atoms with Crippen molar-refractivity contribution in [3.63, 3.8) is 0 Å². The van der Waals surface area contributed by atoms with E-state index in [1.54, 1.807) is 0 Å². The van der Waals surface area contributed by atoms with Gasteiger partial charge >= 0.3 is 166 Å². The number of allylic oxidation sites excluding steroid dienone is 2. The molecule has 1 aliphatic rings. The molecule has 0 N–H and O–H groups in total. The summed E-state index contributed by atoms with van der Waals surface area (Å²) >= 11 is 2.05. The maximum absolute atomic E-state index is 12.1. The van der Waals surface area contributed by atoms with Crippen LogP contribution in [0.25, 0.3) is 16.9 Å². The number of rotatable bonds is 83. The number of unbranched alkanes of at least 4 members (excludes halogenated alkanes) is 71. The van der Waals surface area contributed by atoms with Gasteiger partial charge in [-0.1, -0.05) is 399 Å². The van der Waals surface area contributed by atoms with Gasteiger partial charge in [-0.3, -0.25) is 0 Å². The first-order chi connectivity index (χ1) is 54.1. The monoisotopic (exact) mass is 1550 g/mol. The molecule has 2 aromatic rings. The predicted molar refractivity (Wildman–Crippen MR) is 489 cm³/mol. The molecule has 1 aliphatic heterocycles. The van der Waals surface area contributed by atoms with Crippen molar-refractivity contribution in [3.8, 4) is 11.8 Å². The Balaban J connectivity index is 0.000000747. The van der Waals surface area contributed by atoms with Crippen LogP contribution < -0.4 is 0 Å². The van der Waals surface area contributed by atoms with Crippen molar-refractivity contribution in [2.24, 2.45) is 0 Å². The van der Waals surface area contributed by atoms with Gasteiger partial charge in [-0.25, -0.2) is 4.70 Å². The molecule has 0 unspecified atom stereocenters. The summed E-state index contributed by atoms with van der Waals surface area (Å²) in [4.78, 5) is 0. The van der Waals surface area contributed by atoms with E-state index in [9.17, 15) is 5.53 Å². The van der Waals surface area contributed by atoms with Crippen LogP contribution in [0.4, 0.5) is 0 Å². The second kappa shape index (κ2) is 83.5. The summed E-state index contributed by atoms with van der Waals surface area (Å²) in [5.41, 5.74) is 21.0. The van der Waals surface area contributed by atoms with Crippen molar-refractivity contribution in [1.29, 1.82) is 0 Å². The molecule has 0 fully saturated rings. The molecule has 0 bridgehead atoms. The Hall–Kier alpha value is -2.43. The summed E-state index contributed by atoms with van der Waals surface area (Å²) in [5, 5.41) is 2.87. The van der Waals surface area contributed by atoms with E-state index in [1.807, 2.05) is 0 Å². The van der Waals surface area contributed by atoms with Gasteiger partial charge in [0.25, 0.3) is 0 Å². The van der Waals surface area contributed by atoms with Gasteiger partial charge in [-0.05, 0) is 80.3 Å². The molecule has 3 heteroatoms. The van der Waals surface area contributed by atoms with Gasteiger partial charge in [-0.2, -0.15) is 0 Å². The van der Waals surface area contributed by atoms with Gasteiger partial charge in [0.2, 0.25) is 11.4 Å². The van der Waals surface area contributed by atoms with Gasteiger partial charge in [0.15, 0.2) is 0 Å². The van der Waals surface area contributed by atoms with Crippen LogP contribution in [0.2, 0.25) is 10.8 Å². The van der Waals surface area contributed by atoms with Crippen molar-refractivity contribution < 1.29 is 19.1 Å². The van der Waals surface area contributed by atoms with Crippen molar-refractivity contribution in [1.82, 2.24) is 0 Å². The van der Waals surface area contributed by atoms with Crippen LogP contribution in [-0.2, 0) is 27.3 Å². The van der Waals surface area contributed by atoms with E-state index in [0.717, 1.165) is 73.0 Å². The zero-order valence-corrected chi connectivity index (χ0v) is 75.8. The Labute approximate surface area is 691 Å². The van der Waals surface area contributed by atoms with E-state index < -0.39 is 0 Å². The third-order valence-electron chi connectivity index (χ3n) is 24.1. The Morgan fingerprint density at radius 2 is 0.468 bits per heavy atom. The SMILES string of the molecule is CCCCCCCCCCCCCCCCCCCCCCCCCCC#CC1=C(c2cccc(CCCC)c2)[N+](=[N-])C(c2cccc(CCCC)c2)=C1CCCC.CCCCCCCCCCCCCCCCCCCCCCCC[CH2][Ni][CH2]CCCCCCCCCCCCCCCCCCCCCCCC. The van der Waals surface area contributed by atoms with E-state index in [4.69, 9.17) is 0 Å². The number of aryl methyl sites for hydroxylation is 2. The summed E-state index contributed by atoms with van der Waals surface area (Å²) < 4.78 is 1.49. The fraction of sp³-hybridized carbons (Fsp3) is 0.830. The van der Waals surface area contributed by atoms with Crippen molar-refractivity contribution >= 4 is 11.4 Å². The van der Waals surface area contributed by atoms with E-state index in [0.29, 0.717) is 0 Å². The topological polar surface area (TPSA) is 25.3 Å². The predicted octanol–water partition coefficient (Wildman–Crippen LogP) is 38.4. The first kappa shape index (κ1) is 103. The van der Waals surface area contributed by atoms with Gasteiger partial charge in [0.05, 0.1) is 0 Å². The zero-order chi connectivity index (χ0) is 78.0. The number of hydrogen-bond donors (Lipinski definition) is 0. The smallest absolute Gasteiger partial charge is 0.0654 e. The van der Waals surface area contributed by atoms with E-state index >= 15 is 0 Å². The fourth-order valence-corrected chi connectivity index (χ4v) is 17.9. The molecule has 3 rings (SSSR count). The fourth-order valence-electron chi connectivity index (χ4n) is 16.7. The van der Waals surface area contributed by atoms with E-state index in [2.05, 4.69) is 116 Å².